The molecule has 0 unspecified atom stereocenters. The fourth-order valence-corrected chi connectivity index (χ4v) is 2.92. The SMILES string of the molecule is CC(CC[C@H](O)CO)=Nc1ncnc2c1ncn2[C@@H]1O[C@H](CO)[C@@H](O)[C@H]1O. The molecule has 0 saturated carbocycles. The molecular formula is C16H23N5O6. The van der Waals surface area contributed by atoms with Crippen LogP contribution in [0.2, 0.25) is 0 Å². The molecule has 1 aliphatic rings. The molecule has 1 aliphatic heterocycles. The zero-order valence-electron chi connectivity index (χ0n) is 14.8. The van der Waals surface area contributed by atoms with Crippen molar-refractivity contribution in [1.82, 2.24) is 19.5 Å². The van der Waals surface area contributed by atoms with Gasteiger partial charge in [0.1, 0.15) is 24.6 Å². The zero-order chi connectivity index (χ0) is 19.6. The van der Waals surface area contributed by atoms with Gasteiger partial charge in [0.2, 0.25) is 0 Å². The predicted octanol–water partition coefficient (Wildman–Crippen LogP) is -1.34. The van der Waals surface area contributed by atoms with Crippen LogP contribution in [0.4, 0.5) is 5.82 Å². The summed E-state index contributed by atoms with van der Waals surface area (Å²) in [5.41, 5.74) is 1.45. The monoisotopic (exact) mass is 381 g/mol. The molecule has 0 aromatic carbocycles. The van der Waals surface area contributed by atoms with Crippen molar-refractivity contribution >= 4 is 22.7 Å². The number of rotatable bonds is 7. The van der Waals surface area contributed by atoms with Crippen LogP contribution in [-0.2, 0) is 4.74 Å². The molecule has 148 valence electrons. The number of aliphatic hydroxyl groups excluding tert-OH is 5. The summed E-state index contributed by atoms with van der Waals surface area (Å²) in [6.07, 6.45) is -1.57. The smallest absolute Gasteiger partial charge is 0.183 e. The maximum Gasteiger partial charge on any atom is 0.183 e. The van der Waals surface area contributed by atoms with E-state index in [4.69, 9.17) is 9.84 Å². The Labute approximate surface area is 154 Å². The number of imidazole rings is 1. The minimum Gasteiger partial charge on any atom is -0.394 e. The van der Waals surface area contributed by atoms with Crippen molar-refractivity contribution in [3.8, 4) is 0 Å². The first-order valence-electron chi connectivity index (χ1n) is 8.59. The molecule has 0 aliphatic carbocycles. The lowest BCUT2D eigenvalue weighted by Crippen LogP contribution is -2.33. The highest BCUT2D eigenvalue weighted by Crippen LogP contribution is 2.32. The number of hydrogen-bond acceptors (Lipinski definition) is 10. The Morgan fingerprint density at radius 1 is 1.26 bits per heavy atom. The van der Waals surface area contributed by atoms with Gasteiger partial charge in [-0.1, -0.05) is 0 Å². The number of aliphatic imine (C=N–C) groups is 1. The standard InChI is InChI=1S/C16H23N5O6/c1-8(2-3-9(24)4-22)20-14-11-15(18-6-17-14)21(7-19-11)16-13(26)12(25)10(5-23)27-16/h6-7,9-10,12-13,16,22-26H,2-5H2,1H3/t9-,10+,12+,13+,16+/m0/s1. The third kappa shape index (κ3) is 3.98. The van der Waals surface area contributed by atoms with Gasteiger partial charge in [-0.25, -0.2) is 19.9 Å². The highest BCUT2D eigenvalue weighted by atomic mass is 16.6. The summed E-state index contributed by atoms with van der Waals surface area (Å²) < 4.78 is 6.97. The second-order valence-corrected chi connectivity index (χ2v) is 6.47. The third-order valence-corrected chi connectivity index (χ3v) is 4.48. The van der Waals surface area contributed by atoms with E-state index in [-0.39, 0.29) is 6.61 Å². The van der Waals surface area contributed by atoms with E-state index in [0.717, 1.165) is 0 Å². The number of nitrogens with zero attached hydrogens (tertiary/aromatic N) is 5. The van der Waals surface area contributed by atoms with Gasteiger partial charge in [-0.15, -0.1) is 0 Å². The molecule has 3 heterocycles. The minimum atomic E-state index is -1.25. The Hall–Kier alpha value is -2.02. The first-order valence-corrected chi connectivity index (χ1v) is 8.59. The van der Waals surface area contributed by atoms with Crippen LogP contribution in [0.15, 0.2) is 17.6 Å². The van der Waals surface area contributed by atoms with Crippen molar-refractivity contribution in [3.63, 3.8) is 0 Å². The molecule has 0 spiro atoms. The molecule has 0 radical (unpaired) electrons. The number of hydrogen-bond donors (Lipinski definition) is 5. The fourth-order valence-electron chi connectivity index (χ4n) is 2.92. The van der Waals surface area contributed by atoms with Gasteiger partial charge in [0.15, 0.2) is 23.2 Å². The average Bonchev–Trinajstić information content (AvgIpc) is 3.22. The summed E-state index contributed by atoms with van der Waals surface area (Å²) in [6, 6.07) is 0. The third-order valence-electron chi connectivity index (χ3n) is 4.48. The Bertz CT molecular complexity index is 812. The van der Waals surface area contributed by atoms with Crippen LogP contribution in [0.25, 0.3) is 11.2 Å². The van der Waals surface area contributed by atoms with Crippen molar-refractivity contribution in [3.05, 3.63) is 12.7 Å². The lowest BCUT2D eigenvalue weighted by Gasteiger charge is -2.16. The first-order chi connectivity index (χ1) is 13.0. The molecule has 0 bridgehead atoms. The molecule has 0 amide bonds. The number of fused-ring (bicyclic) bond motifs is 1. The molecule has 5 atom stereocenters. The molecule has 5 N–H and O–H groups in total. The average molecular weight is 381 g/mol. The van der Waals surface area contributed by atoms with Crippen molar-refractivity contribution < 1.29 is 30.3 Å². The van der Waals surface area contributed by atoms with Crippen molar-refractivity contribution in [2.75, 3.05) is 13.2 Å². The van der Waals surface area contributed by atoms with Crippen LogP contribution in [0.1, 0.15) is 26.0 Å². The maximum absolute atomic E-state index is 10.2. The molecule has 27 heavy (non-hydrogen) atoms. The van der Waals surface area contributed by atoms with Crippen molar-refractivity contribution in [2.45, 2.75) is 50.4 Å². The van der Waals surface area contributed by atoms with Crippen LogP contribution in [0.3, 0.4) is 0 Å². The van der Waals surface area contributed by atoms with E-state index in [9.17, 15) is 20.4 Å². The lowest BCUT2D eigenvalue weighted by atomic mass is 10.1. The first kappa shape index (κ1) is 19.7. The normalized spacial score (nSPS) is 27.4. The van der Waals surface area contributed by atoms with Crippen LogP contribution < -0.4 is 0 Å². The molecule has 11 heteroatoms. The van der Waals surface area contributed by atoms with Gasteiger partial charge >= 0.3 is 0 Å². The summed E-state index contributed by atoms with van der Waals surface area (Å²) in [5, 5.41) is 47.7. The van der Waals surface area contributed by atoms with E-state index < -0.39 is 37.3 Å². The van der Waals surface area contributed by atoms with E-state index in [0.29, 0.717) is 35.5 Å². The van der Waals surface area contributed by atoms with E-state index in [1.165, 1.54) is 17.2 Å². The van der Waals surface area contributed by atoms with Gasteiger partial charge in [-0.2, -0.15) is 0 Å². The van der Waals surface area contributed by atoms with E-state index >= 15 is 0 Å². The summed E-state index contributed by atoms with van der Waals surface area (Å²) in [6.45, 7) is 1.05. The molecule has 2 aromatic rings. The van der Waals surface area contributed by atoms with Crippen LogP contribution in [0, 0.1) is 0 Å². The van der Waals surface area contributed by atoms with Gasteiger partial charge in [-0.05, 0) is 19.8 Å². The maximum atomic E-state index is 10.2. The van der Waals surface area contributed by atoms with Crippen molar-refractivity contribution in [1.29, 1.82) is 0 Å². The minimum absolute atomic E-state index is 0.306. The summed E-state index contributed by atoms with van der Waals surface area (Å²) in [5.74, 6) is 0.321. The van der Waals surface area contributed by atoms with Gasteiger partial charge in [0.05, 0.1) is 25.6 Å². The number of aliphatic hydroxyl groups is 5. The lowest BCUT2D eigenvalue weighted by molar-refractivity contribution is -0.0511. The second-order valence-electron chi connectivity index (χ2n) is 6.47. The van der Waals surface area contributed by atoms with Crippen molar-refractivity contribution in [2.24, 2.45) is 4.99 Å². The topological polar surface area (TPSA) is 166 Å². The highest BCUT2D eigenvalue weighted by Gasteiger charge is 2.44. The summed E-state index contributed by atoms with van der Waals surface area (Å²) in [4.78, 5) is 16.9. The molecule has 11 nitrogen and oxygen atoms in total. The zero-order valence-corrected chi connectivity index (χ0v) is 14.8. The van der Waals surface area contributed by atoms with Gasteiger partial charge in [-0.3, -0.25) is 4.57 Å². The summed E-state index contributed by atoms with van der Waals surface area (Å²) >= 11 is 0. The van der Waals surface area contributed by atoms with Gasteiger partial charge in [0, 0.05) is 5.71 Å². The Morgan fingerprint density at radius 3 is 2.70 bits per heavy atom. The van der Waals surface area contributed by atoms with E-state index in [1.807, 2.05) is 0 Å². The number of ether oxygens (including phenoxy) is 1. The van der Waals surface area contributed by atoms with Crippen LogP contribution in [-0.4, -0.2) is 88.4 Å². The molecular weight excluding hydrogens is 358 g/mol. The Balaban J connectivity index is 1.87. The quantitative estimate of drug-likeness (QED) is 0.365. The highest BCUT2D eigenvalue weighted by molar-refractivity contribution is 5.89. The van der Waals surface area contributed by atoms with Crippen LogP contribution >= 0.6 is 0 Å². The molecule has 3 rings (SSSR count). The Kier molecular flexibility index (Phi) is 6.09. The van der Waals surface area contributed by atoms with Crippen LogP contribution in [0.5, 0.6) is 0 Å². The molecule has 1 saturated heterocycles. The van der Waals surface area contributed by atoms with E-state index in [2.05, 4.69) is 19.9 Å². The molecule has 2 aromatic heterocycles. The Morgan fingerprint density at radius 2 is 2.04 bits per heavy atom. The second kappa shape index (κ2) is 8.33. The predicted molar refractivity (Wildman–Crippen MR) is 93.4 cm³/mol. The number of aromatic nitrogens is 4. The largest absolute Gasteiger partial charge is 0.394 e. The summed E-state index contributed by atoms with van der Waals surface area (Å²) in [7, 11) is 0. The molecule has 1 fully saturated rings. The van der Waals surface area contributed by atoms with Gasteiger partial charge < -0.3 is 30.3 Å². The fraction of sp³-hybridized carbons (Fsp3) is 0.625. The van der Waals surface area contributed by atoms with E-state index in [1.54, 1.807) is 6.92 Å². The van der Waals surface area contributed by atoms with Gasteiger partial charge in [0.25, 0.3) is 0 Å².